The van der Waals surface area contributed by atoms with E-state index in [9.17, 15) is 9.18 Å². The normalized spacial score (nSPS) is 12.0. The molecule has 0 bridgehead atoms. The second kappa shape index (κ2) is 6.51. The molecule has 0 aliphatic heterocycles. The smallest absolute Gasteiger partial charge is 0.262 e. The Morgan fingerprint density at radius 1 is 1.36 bits per heavy atom. The van der Waals surface area contributed by atoms with Gasteiger partial charge in [0.15, 0.2) is 0 Å². The van der Waals surface area contributed by atoms with Gasteiger partial charge in [-0.2, -0.15) is 0 Å². The number of rotatable bonds is 5. The first kappa shape index (κ1) is 15.9. The van der Waals surface area contributed by atoms with Crippen molar-refractivity contribution >= 4 is 11.5 Å². The fourth-order valence-electron chi connectivity index (χ4n) is 2.18. The molecule has 2 aromatic rings. The summed E-state index contributed by atoms with van der Waals surface area (Å²) in [6.45, 7) is 4.56. The largest absolute Gasteiger partial charge is 0.363 e. The van der Waals surface area contributed by atoms with Gasteiger partial charge in [-0.15, -0.1) is 0 Å². The monoisotopic (exact) mass is 302 g/mol. The Balaban J connectivity index is 2.38. The van der Waals surface area contributed by atoms with Gasteiger partial charge in [-0.3, -0.25) is 4.79 Å². The number of hydrogen-bond acceptors (Lipinski definition) is 4. The summed E-state index contributed by atoms with van der Waals surface area (Å²) in [6.07, 6.45) is 0. The van der Waals surface area contributed by atoms with Crippen LogP contribution in [0.4, 0.5) is 10.2 Å². The van der Waals surface area contributed by atoms with Gasteiger partial charge in [0.25, 0.3) is 5.56 Å². The van der Waals surface area contributed by atoms with Gasteiger partial charge in [-0.1, -0.05) is 29.8 Å². The summed E-state index contributed by atoms with van der Waals surface area (Å²) in [5.41, 5.74) is 1.23. The molecule has 0 fully saturated rings. The molecule has 3 N–H and O–H groups in total. The van der Waals surface area contributed by atoms with Gasteiger partial charge in [0.1, 0.15) is 23.9 Å². The molecule has 5 nitrogen and oxygen atoms in total. The highest BCUT2D eigenvalue weighted by molar-refractivity contribution is 6.02. The molecule has 2 rings (SSSR count). The number of aryl methyl sites for hydroxylation is 2. The van der Waals surface area contributed by atoms with Gasteiger partial charge in [-0.05, 0) is 26.3 Å². The molecule has 1 unspecified atom stereocenters. The first-order valence-electron chi connectivity index (χ1n) is 7.00. The molecule has 1 heterocycles. The summed E-state index contributed by atoms with van der Waals surface area (Å²) >= 11 is 0. The van der Waals surface area contributed by atoms with E-state index in [0.29, 0.717) is 5.82 Å². The van der Waals surface area contributed by atoms with E-state index < -0.39 is 12.2 Å². The number of nitrogens with zero attached hydrogens (tertiary/aromatic N) is 1. The quantitative estimate of drug-likeness (QED) is 0.743. The predicted molar refractivity (Wildman–Crippen MR) is 85.6 cm³/mol. The van der Waals surface area contributed by atoms with Crippen molar-refractivity contribution in [2.24, 2.45) is 0 Å². The standard InChI is InChI=1S/C16H19FN4O/c1-9-4-6-12(7-5-9)10(2)19-15-14(13(18)8-17)16(22)21-11(3)20-15/h4-7,10,18H,8H2,1-3H3,(H2,19,20,21,22). The van der Waals surface area contributed by atoms with Gasteiger partial charge in [0.05, 0.1) is 5.71 Å². The summed E-state index contributed by atoms with van der Waals surface area (Å²) in [6, 6.07) is 7.82. The second-order valence-corrected chi connectivity index (χ2v) is 5.26. The molecule has 1 aromatic heterocycles. The first-order valence-corrected chi connectivity index (χ1v) is 7.00. The average molecular weight is 302 g/mol. The highest BCUT2D eigenvalue weighted by Gasteiger charge is 2.17. The SMILES string of the molecule is Cc1ccc(C(C)Nc2nc(C)[nH]c(=O)c2C(=N)CF)cc1. The lowest BCUT2D eigenvalue weighted by atomic mass is 10.1. The van der Waals surface area contributed by atoms with Gasteiger partial charge in [-0.25, -0.2) is 9.37 Å². The number of hydrogen-bond donors (Lipinski definition) is 3. The molecule has 0 amide bonds. The van der Waals surface area contributed by atoms with Crippen molar-refractivity contribution in [2.75, 3.05) is 12.0 Å². The Labute approximate surface area is 128 Å². The van der Waals surface area contributed by atoms with E-state index in [0.717, 1.165) is 11.1 Å². The number of H-pyrrole nitrogens is 1. The fourth-order valence-corrected chi connectivity index (χ4v) is 2.18. The van der Waals surface area contributed by atoms with Crippen LogP contribution in [0.5, 0.6) is 0 Å². The van der Waals surface area contributed by atoms with Gasteiger partial charge in [0, 0.05) is 6.04 Å². The van der Waals surface area contributed by atoms with Crippen LogP contribution >= 0.6 is 0 Å². The summed E-state index contributed by atoms with van der Waals surface area (Å²) in [4.78, 5) is 18.7. The van der Waals surface area contributed by atoms with Crippen molar-refractivity contribution < 1.29 is 4.39 Å². The summed E-state index contributed by atoms with van der Waals surface area (Å²) in [5.74, 6) is 0.649. The Morgan fingerprint density at radius 3 is 2.59 bits per heavy atom. The van der Waals surface area contributed by atoms with Crippen LogP contribution in [0.3, 0.4) is 0 Å². The van der Waals surface area contributed by atoms with E-state index in [1.54, 1.807) is 6.92 Å². The summed E-state index contributed by atoms with van der Waals surface area (Å²) in [7, 11) is 0. The van der Waals surface area contributed by atoms with Crippen LogP contribution in [-0.2, 0) is 0 Å². The van der Waals surface area contributed by atoms with E-state index >= 15 is 0 Å². The molecule has 116 valence electrons. The van der Waals surface area contributed by atoms with Crippen LogP contribution in [0.2, 0.25) is 0 Å². The summed E-state index contributed by atoms with van der Waals surface area (Å²) < 4.78 is 12.8. The van der Waals surface area contributed by atoms with E-state index in [2.05, 4.69) is 15.3 Å². The number of anilines is 1. The molecule has 0 aliphatic carbocycles. The minimum Gasteiger partial charge on any atom is -0.363 e. The molecule has 1 aromatic carbocycles. The van der Waals surface area contributed by atoms with Crippen LogP contribution in [0.15, 0.2) is 29.1 Å². The van der Waals surface area contributed by atoms with E-state index in [-0.39, 0.29) is 23.1 Å². The number of benzene rings is 1. The molecule has 0 aliphatic rings. The number of aromatic nitrogens is 2. The van der Waals surface area contributed by atoms with Gasteiger partial charge < -0.3 is 15.7 Å². The highest BCUT2D eigenvalue weighted by Crippen LogP contribution is 2.20. The zero-order valence-corrected chi connectivity index (χ0v) is 12.8. The average Bonchev–Trinajstić information content (AvgIpc) is 2.46. The van der Waals surface area contributed by atoms with Crippen LogP contribution < -0.4 is 10.9 Å². The minimum atomic E-state index is -1.01. The van der Waals surface area contributed by atoms with E-state index in [1.165, 1.54) is 0 Å². The molecule has 22 heavy (non-hydrogen) atoms. The number of halogens is 1. The van der Waals surface area contributed by atoms with Crippen molar-refractivity contribution in [1.29, 1.82) is 5.41 Å². The zero-order valence-electron chi connectivity index (χ0n) is 12.8. The molecule has 0 spiro atoms. The fraction of sp³-hybridized carbons (Fsp3) is 0.312. The Morgan fingerprint density at radius 2 is 2.00 bits per heavy atom. The Kier molecular flexibility index (Phi) is 4.70. The zero-order chi connectivity index (χ0) is 16.3. The van der Waals surface area contributed by atoms with E-state index in [1.807, 2.05) is 38.1 Å². The first-order chi connectivity index (χ1) is 10.4. The third-order valence-corrected chi connectivity index (χ3v) is 3.40. The van der Waals surface area contributed by atoms with Gasteiger partial charge >= 0.3 is 0 Å². The van der Waals surface area contributed by atoms with Crippen molar-refractivity contribution in [3.63, 3.8) is 0 Å². The molecule has 0 saturated heterocycles. The van der Waals surface area contributed by atoms with Crippen LogP contribution in [0.25, 0.3) is 0 Å². The third-order valence-electron chi connectivity index (χ3n) is 3.40. The lowest BCUT2D eigenvalue weighted by molar-refractivity contribution is 0.580. The minimum absolute atomic E-state index is 0.0490. The van der Waals surface area contributed by atoms with E-state index in [4.69, 9.17) is 5.41 Å². The maximum absolute atomic E-state index is 12.8. The Bertz CT molecular complexity index is 737. The van der Waals surface area contributed by atoms with Gasteiger partial charge in [0.2, 0.25) is 0 Å². The number of alkyl halides is 1. The predicted octanol–water partition coefficient (Wildman–Crippen LogP) is 2.90. The summed E-state index contributed by atoms with van der Waals surface area (Å²) in [5, 5.41) is 10.7. The lowest BCUT2D eigenvalue weighted by Gasteiger charge is -2.17. The van der Waals surface area contributed by atoms with Crippen molar-refractivity contribution in [1.82, 2.24) is 9.97 Å². The molecule has 6 heteroatoms. The van der Waals surface area contributed by atoms with Crippen LogP contribution in [0, 0.1) is 19.3 Å². The number of nitrogens with one attached hydrogen (secondary N) is 3. The molecular weight excluding hydrogens is 283 g/mol. The Hall–Kier alpha value is -2.50. The van der Waals surface area contributed by atoms with Crippen molar-refractivity contribution in [3.05, 3.63) is 57.1 Å². The molecule has 0 saturated carbocycles. The molecule has 1 atom stereocenters. The van der Waals surface area contributed by atoms with Crippen LogP contribution in [0.1, 0.15) is 35.5 Å². The van der Waals surface area contributed by atoms with Crippen molar-refractivity contribution in [2.45, 2.75) is 26.8 Å². The van der Waals surface area contributed by atoms with Crippen molar-refractivity contribution in [3.8, 4) is 0 Å². The lowest BCUT2D eigenvalue weighted by Crippen LogP contribution is -2.25. The number of aromatic amines is 1. The maximum Gasteiger partial charge on any atom is 0.262 e. The highest BCUT2D eigenvalue weighted by atomic mass is 19.1. The van der Waals surface area contributed by atoms with Crippen LogP contribution in [-0.4, -0.2) is 22.4 Å². The maximum atomic E-state index is 12.8. The molecule has 0 radical (unpaired) electrons. The third kappa shape index (κ3) is 3.39. The molecular formula is C16H19FN4O. The topological polar surface area (TPSA) is 81.6 Å². The second-order valence-electron chi connectivity index (χ2n) is 5.26.